The molecule has 82 valence electrons. The van der Waals surface area contributed by atoms with Crippen molar-refractivity contribution < 1.29 is 13.3 Å². The van der Waals surface area contributed by atoms with Crippen molar-refractivity contribution in [3.8, 4) is 6.07 Å². The van der Waals surface area contributed by atoms with Crippen molar-refractivity contribution in [2.75, 3.05) is 19.8 Å². The molecular formula is C9H19NO3Si. The average Bonchev–Trinajstić information content (AvgIpc) is 2.17. The molecule has 0 heterocycles. The Morgan fingerprint density at radius 2 is 1.43 bits per heavy atom. The van der Waals surface area contributed by atoms with Crippen molar-refractivity contribution >= 4 is 8.80 Å². The van der Waals surface area contributed by atoms with E-state index in [0.29, 0.717) is 19.8 Å². The second-order valence-corrected chi connectivity index (χ2v) is 5.69. The molecule has 0 radical (unpaired) electrons. The topological polar surface area (TPSA) is 51.5 Å². The summed E-state index contributed by atoms with van der Waals surface area (Å²) in [5.74, 6) is 0. The maximum Gasteiger partial charge on any atom is 0.518 e. The molecular weight excluding hydrogens is 198 g/mol. The molecule has 0 aliphatic rings. The molecule has 5 heteroatoms. The second kappa shape index (κ2) is 6.96. The Morgan fingerprint density at radius 1 is 1.07 bits per heavy atom. The lowest BCUT2D eigenvalue weighted by atomic mass is 10.5. The third-order valence-electron chi connectivity index (χ3n) is 1.76. The van der Waals surface area contributed by atoms with Crippen molar-refractivity contribution in [3.05, 3.63) is 0 Å². The van der Waals surface area contributed by atoms with E-state index >= 15 is 0 Å². The molecule has 0 aromatic rings. The van der Waals surface area contributed by atoms with E-state index in [0.717, 1.165) is 0 Å². The minimum absolute atomic E-state index is 0.317. The van der Waals surface area contributed by atoms with E-state index in [-0.39, 0.29) is 5.54 Å². The summed E-state index contributed by atoms with van der Waals surface area (Å²) in [5, 5.41) is 8.90. The van der Waals surface area contributed by atoms with Gasteiger partial charge < -0.3 is 13.3 Å². The molecule has 1 atom stereocenters. The monoisotopic (exact) mass is 217 g/mol. The maximum absolute atomic E-state index is 8.90. The fourth-order valence-corrected chi connectivity index (χ4v) is 3.55. The summed E-state index contributed by atoms with van der Waals surface area (Å²) in [6.45, 7) is 8.96. The summed E-state index contributed by atoms with van der Waals surface area (Å²) in [5.41, 5.74) is -0.317. The highest BCUT2D eigenvalue weighted by molar-refractivity contribution is 6.63. The minimum atomic E-state index is -2.76. The van der Waals surface area contributed by atoms with Crippen LogP contribution < -0.4 is 0 Å². The fraction of sp³-hybridized carbons (Fsp3) is 0.889. The van der Waals surface area contributed by atoms with Crippen molar-refractivity contribution in [1.82, 2.24) is 0 Å². The van der Waals surface area contributed by atoms with Crippen LogP contribution >= 0.6 is 0 Å². The smallest absolute Gasteiger partial charge is 0.373 e. The molecule has 0 saturated heterocycles. The quantitative estimate of drug-likeness (QED) is 0.612. The molecule has 0 aliphatic carbocycles. The third kappa shape index (κ3) is 3.39. The van der Waals surface area contributed by atoms with Gasteiger partial charge in [-0.3, -0.25) is 0 Å². The highest BCUT2D eigenvalue weighted by Crippen LogP contribution is 2.24. The molecule has 0 rings (SSSR count). The molecule has 14 heavy (non-hydrogen) atoms. The first-order chi connectivity index (χ1) is 6.66. The van der Waals surface area contributed by atoms with Crippen LogP contribution in [0.2, 0.25) is 5.54 Å². The van der Waals surface area contributed by atoms with Crippen molar-refractivity contribution in [2.24, 2.45) is 0 Å². The van der Waals surface area contributed by atoms with Gasteiger partial charge in [0, 0.05) is 19.8 Å². The molecule has 0 aliphatic heterocycles. The van der Waals surface area contributed by atoms with Gasteiger partial charge in [-0.2, -0.15) is 5.26 Å². The van der Waals surface area contributed by atoms with E-state index in [1.165, 1.54) is 0 Å². The largest absolute Gasteiger partial charge is 0.518 e. The Hall–Kier alpha value is -0.413. The summed E-state index contributed by atoms with van der Waals surface area (Å²) in [4.78, 5) is 0. The van der Waals surface area contributed by atoms with Crippen molar-refractivity contribution in [1.29, 1.82) is 5.26 Å². The van der Waals surface area contributed by atoms with Crippen LogP contribution in [-0.2, 0) is 13.3 Å². The predicted molar refractivity (Wildman–Crippen MR) is 55.7 cm³/mol. The summed E-state index contributed by atoms with van der Waals surface area (Å²) in [6.07, 6.45) is 0. The van der Waals surface area contributed by atoms with Crippen LogP contribution in [0.3, 0.4) is 0 Å². The molecule has 0 saturated carbocycles. The van der Waals surface area contributed by atoms with Crippen LogP contribution in [0, 0.1) is 11.3 Å². The van der Waals surface area contributed by atoms with Gasteiger partial charge in [0.2, 0.25) is 0 Å². The predicted octanol–water partition coefficient (Wildman–Crippen LogP) is 1.95. The minimum Gasteiger partial charge on any atom is -0.373 e. The zero-order chi connectivity index (χ0) is 11.0. The molecule has 0 N–H and O–H groups in total. The number of hydrogen-bond donors (Lipinski definition) is 0. The van der Waals surface area contributed by atoms with Crippen LogP contribution in [0.4, 0.5) is 0 Å². The number of hydrogen-bond acceptors (Lipinski definition) is 4. The van der Waals surface area contributed by atoms with Gasteiger partial charge in [0.25, 0.3) is 0 Å². The highest BCUT2D eigenvalue weighted by Gasteiger charge is 2.47. The van der Waals surface area contributed by atoms with Crippen LogP contribution in [0.25, 0.3) is 0 Å². The summed E-state index contributed by atoms with van der Waals surface area (Å²) in [7, 11) is -2.76. The number of nitriles is 1. The molecule has 0 amide bonds. The Bertz CT molecular complexity index is 176. The van der Waals surface area contributed by atoms with Gasteiger partial charge in [0.05, 0.1) is 6.07 Å². The molecule has 0 aromatic carbocycles. The molecule has 0 aromatic heterocycles. The Kier molecular flexibility index (Phi) is 6.75. The van der Waals surface area contributed by atoms with Crippen LogP contribution in [0.5, 0.6) is 0 Å². The van der Waals surface area contributed by atoms with Crippen LogP contribution in [0.1, 0.15) is 27.7 Å². The van der Waals surface area contributed by atoms with Crippen LogP contribution in [0.15, 0.2) is 0 Å². The van der Waals surface area contributed by atoms with Crippen molar-refractivity contribution in [3.63, 3.8) is 0 Å². The Balaban J connectivity index is 4.64. The number of nitrogens with zero attached hydrogens (tertiary/aromatic N) is 1. The Morgan fingerprint density at radius 3 is 1.64 bits per heavy atom. The van der Waals surface area contributed by atoms with E-state index in [2.05, 4.69) is 6.07 Å². The first-order valence-electron chi connectivity index (χ1n) is 4.98. The molecule has 0 bridgehead atoms. The lowest BCUT2D eigenvalue weighted by Crippen LogP contribution is -2.49. The molecule has 0 fully saturated rings. The van der Waals surface area contributed by atoms with Gasteiger partial charge in [-0.15, -0.1) is 0 Å². The lowest BCUT2D eigenvalue weighted by molar-refractivity contribution is 0.0673. The first-order valence-corrected chi connectivity index (χ1v) is 6.78. The van der Waals surface area contributed by atoms with Gasteiger partial charge >= 0.3 is 8.80 Å². The Labute approximate surface area is 87.1 Å². The van der Waals surface area contributed by atoms with Gasteiger partial charge in [0.15, 0.2) is 0 Å². The SMILES string of the molecule is CCO[Si](OCC)(OCC)C(C)C#N. The molecule has 4 nitrogen and oxygen atoms in total. The maximum atomic E-state index is 8.90. The summed E-state index contributed by atoms with van der Waals surface area (Å²) in [6, 6.07) is 2.15. The van der Waals surface area contributed by atoms with Gasteiger partial charge in [-0.25, -0.2) is 0 Å². The fourth-order valence-electron chi connectivity index (χ4n) is 1.18. The molecule has 0 spiro atoms. The lowest BCUT2D eigenvalue weighted by Gasteiger charge is -2.29. The van der Waals surface area contributed by atoms with E-state index in [1.54, 1.807) is 6.92 Å². The van der Waals surface area contributed by atoms with Gasteiger partial charge in [0.1, 0.15) is 5.54 Å². The van der Waals surface area contributed by atoms with Crippen molar-refractivity contribution in [2.45, 2.75) is 33.2 Å². The van der Waals surface area contributed by atoms with E-state index in [9.17, 15) is 0 Å². The number of rotatable bonds is 7. The van der Waals surface area contributed by atoms with Gasteiger partial charge in [-0.05, 0) is 27.7 Å². The normalized spacial score (nSPS) is 13.6. The zero-order valence-electron chi connectivity index (χ0n) is 9.37. The molecule has 1 unspecified atom stereocenters. The third-order valence-corrected chi connectivity index (χ3v) is 5.02. The summed E-state index contributed by atoms with van der Waals surface area (Å²) >= 11 is 0. The summed E-state index contributed by atoms with van der Waals surface area (Å²) < 4.78 is 16.6. The standard InChI is InChI=1S/C9H19NO3Si/c1-5-11-14(12-6-2,13-7-3)9(4)8-10/h9H,5-7H2,1-4H3. The van der Waals surface area contributed by atoms with Gasteiger partial charge in [-0.1, -0.05) is 0 Å². The zero-order valence-corrected chi connectivity index (χ0v) is 10.4. The van der Waals surface area contributed by atoms with Crippen LogP contribution in [-0.4, -0.2) is 28.6 Å². The van der Waals surface area contributed by atoms with E-state index in [1.807, 2.05) is 20.8 Å². The van der Waals surface area contributed by atoms with E-state index in [4.69, 9.17) is 18.5 Å². The second-order valence-electron chi connectivity index (χ2n) is 2.75. The average molecular weight is 217 g/mol. The van der Waals surface area contributed by atoms with E-state index < -0.39 is 8.80 Å². The highest BCUT2D eigenvalue weighted by atomic mass is 28.4. The first kappa shape index (κ1) is 13.6.